The Morgan fingerprint density at radius 1 is 1.22 bits per heavy atom. The molecule has 0 saturated carbocycles. The summed E-state index contributed by atoms with van der Waals surface area (Å²) in [6.45, 7) is 0. The summed E-state index contributed by atoms with van der Waals surface area (Å²) in [7, 11) is 3.04. The Labute approximate surface area is 164 Å². The van der Waals surface area contributed by atoms with Crippen LogP contribution in [0.3, 0.4) is 0 Å². The SMILES string of the molecule is COc1cccc([C@@H]2O[C@@H](CC(=O)O)C(=O)Nc3ccc(Br)cc32)c1OC. The number of ether oxygens (including phenoxy) is 3. The van der Waals surface area contributed by atoms with Gasteiger partial charge in [-0.15, -0.1) is 0 Å². The van der Waals surface area contributed by atoms with Gasteiger partial charge in [-0.1, -0.05) is 28.1 Å². The fraction of sp³-hybridized carbons (Fsp3) is 0.263. The third-order valence-electron chi connectivity index (χ3n) is 4.22. The van der Waals surface area contributed by atoms with Gasteiger partial charge in [0.2, 0.25) is 0 Å². The van der Waals surface area contributed by atoms with Crippen molar-refractivity contribution in [1.29, 1.82) is 0 Å². The first kappa shape index (κ1) is 19.2. The van der Waals surface area contributed by atoms with Crippen LogP contribution in [0.2, 0.25) is 0 Å². The fourth-order valence-corrected chi connectivity index (χ4v) is 3.41. The van der Waals surface area contributed by atoms with Crippen LogP contribution in [0.25, 0.3) is 0 Å². The lowest BCUT2D eigenvalue weighted by molar-refractivity contribution is -0.146. The van der Waals surface area contributed by atoms with E-state index in [4.69, 9.17) is 19.3 Å². The van der Waals surface area contributed by atoms with Crippen molar-refractivity contribution in [1.82, 2.24) is 0 Å². The summed E-state index contributed by atoms with van der Waals surface area (Å²) in [4.78, 5) is 23.7. The average molecular weight is 436 g/mol. The molecule has 0 saturated heterocycles. The van der Waals surface area contributed by atoms with Crippen molar-refractivity contribution >= 4 is 33.5 Å². The van der Waals surface area contributed by atoms with E-state index >= 15 is 0 Å². The van der Waals surface area contributed by atoms with Gasteiger partial charge in [-0.2, -0.15) is 0 Å². The van der Waals surface area contributed by atoms with Crippen LogP contribution in [-0.4, -0.2) is 37.3 Å². The monoisotopic (exact) mass is 435 g/mol. The summed E-state index contributed by atoms with van der Waals surface area (Å²) in [5, 5.41) is 11.9. The molecule has 0 radical (unpaired) electrons. The van der Waals surface area contributed by atoms with Gasteiger partial charge in [0.25, 0.3) is 5.91 Å². The summed E-state index contributed by atoms with van der Waals surface area (Å²) in [6, 6.07) is 10.7. The molecular weight excluding hydrogens is 418 g/mol. The van der Waals surface area contributed by atoms with Gasteiger partial charge < -0.3 is 24.6 Å². The van der Waals surface area contributed by atoms with Gasteiger partial charge in [-0.3, -0.25) is 9.59 Å². The molecule has 0 fully saturated rings. The first-order valence-electron chi connectivity index (χ1n) is 8.13. The van der Waals surface area contributed by atoms with Crippen LogP contribution in [0.1, 0.15) is 23.7 Å². The Hall–Kier alpha value is -2.58. The molecule has 7 nitrogen and oxygen atoms in total. The van der Waals surface area contributed by atoms with E-state index in [0.29, 0.717) is 28.3 Å². The number of nitrogens with one attached hydrogen (secondary N) is 1. The van der Waals surface area contributed by atoms with Gasteiger partial charge in [0.05, 0.1) is 20.6 Å². The van der Waals surface area contributed by atoms with Crippen LogP contribution in [0.4, 0.5) is 5.69 Å². The van der Waals surface area contributed by atoms with E-state index in [1.165, 1.54) is 14.2 Å². The van der Waals surface area contributed by atoms with Crippen molar-refractivity contribution in [3.63, 3.8) is 0 Å². The number of hydrogen-bond donors (Lipinski definition) is 2. The van der Waals surface area contributed by atoms with Gasteiger partial charge in [-0.25, -0.2) is 0 Å². The lowest BCUT2D eigenvalue weighted by Crippen LogP contribution is -2.31. The van der Waals surface area contributed by atoms with Gasteiger partial charge in [-0.05, 0) is 24.3 Å². The Morgan fingerprint density at radius 2 is 2.00 bits per heavy atom. The molecule has 2 aromatic carbocycles. The number of fused-ring (bicyclic) bond motifs is 1. The van der Waals surface area contributed by atoms with E-state index in [1.807, 2.05) is 6.07 Å². The molecule has 1 aliphatic rings. The molecule has 0 bridgehead atoms. The number of methoxy groups -OCH3 is 2. The van der Waals surface area contributed by atoms with E-state index in [9.17, 15) is 9.59 Å². The van der Waals surface area contributed by atoms with Crippen LogP contribution in [0, 0.1) is 0 Å². The maximum Gasteiger partial charge on any atom is 0.306 e. The van der Waals surface area contributed by atoms with Crippen LogP contribution in [0.15, 0.2) is 40.9 Å². The normalized spacial score (nSPS) is 18.9. The summed E-state index contributed by atoms with van der Waals surface area (Å²) < 4.78 is 17.7. The summed E-state index contributed by atoms with van der Waals surface area (Å²) in [6.07, 6.45) is -2.34. The fourth-order valence-electron chi connectivity index (χ4n) is 3.04. The molecule has 2 atom stereocenters. The zero-order valence-electron chi connectivity index (χ0n) is 14.7. The molecule has 0 unspecified atom stereocenters. The number of amides is 1. The second-order valence-corrected chi connectivity index (χ2v) is 6.82. The van der Waals surface area contributed by atoms with Crippen LogP contribution in [-0.2, 0) is 14.3 Å². The number of carboxylic acid groups (broad SMARTS) is 1. The van der Waals surface area contributed by atoms with E-state index in [0.717, 1.165) is 4.47 Å². The molecule has 0 aliphatic carbocycles. The van der Waals surface area contributed by atoms with Crippen LogP contribution in [0.5, 0.6) is 11.5 Å². The van der Waals surface area contributed by atoms with Crippen molar-refractivity contribution in [3.8, 4) is 11.5 Å². The lowest BCUT2D eigenvalue weighted by Gasteiger charge is -2.23. The first-order chi connectivity index (χ1) is 12.9. The molecule has 3 rings (SSSR count). The predicted octanol–water partition coefficient (Wildman–Crippen LogP) is 3.37. The predicted molar refractivity (Wildman–Crippen MR) is 101 cm³/mol. The number of halogens is 1. The standard InChI is InChI=1S/C19H18BrNO6/c1-25-14-5-3-4-11(18(14)26-2)17-12-8-10(20)6-7-13(12)21-19(24)15(27-17)9-16(22)23/h3-8,15,17H,9H2,1-2H3,(H,21,24)(H,22,23)/t15-,17-/m0/s1. The average Bonchev–Trinajstić information content (AvgIpc) is 2.77. The number of carbonyl (C=O) groups excluding carboxylic acids is 1. The molecule has 27 heavy (non-hydrogen) atoms. The van der Waals surface area contributed by atoms with Gasteiger partial charge >= 0.3 is 5.97 Å². The van der Waals surface area contributed by atoms with Crippen molar-refractivity contribution in [3.05, 3.63) is 52.0 Å². The number of hydrogen-bond acceptors (Lipinski definition) is 5. The molecule has 1 amide bonds. The second kappa shape index (κ2) is 7.98. The Balaban J connectivity index is 2.18. The number of aliphatic carboxylic acids is 1. The molecule has 0 spiro atoms. The minimum Gasteiger partial charge on any atom is -0.493 e. The van der Waals surface area contributed by atoms with Crippen molar-refractivity contribution in [2.24, 2.45) is 0 Å². The van der Waals surface area contributed by atoms with Crippen molar-refractivity contribution in [2.45, 2.75) is 18.6 Å². The number of anilines is 1. The number of benzene rings is 2. The second-order valence-electron chi connectivity index (χ2n) is 5.91. The maximum absolute atomic E-state index is 12.5. The molecule has 2 N–H and O–H groups in total. The molecular formula is C19H18BrNO6. The lowest BCUT2D eigenvalue weighted by atomic mass is 9.98. The van der Waals surface area contributed by atoms with Crippen molar-refractivity contribution in [2.75, 3.05) is 19.5 Å². The van der Waals surface area contributed by atoms with Crippen LogP contribution < -0.4 is 14.8 Å². The minimum atomic E-state index is -1.16. The van der Waals surface area contributed by atoms with Crippen molar-refractivity contribution < 1.29 is 28.9 Å². The highest BCUT2D eigenvalue weighted by molar-refractivity contribution is 9.10. The molecule has 142 valence electrons. The largest absolute Gasteiger partial charge is 0.493 e. The number of carbonyl (C=O) groups is 2. The third-order valence-corrected chi connectivity index (χ3v) is 4.72. The van der Waals surface area contributed by atoms with E-state index < -0.39 is 30.5 Å². The molecule has 1 heterocycles. The molecule has 1 aliphatic heterocycles. The zero-order chi connectivity index (χ0) is 19.6. The van der Waals surface area contributed by atoms with E-state index in [1.54, 1.807) is 30.3 Å². The van der Waals surface area contributed by atoms with Gasteiger partial charge in [0.15, 0.2) is 11.5 Å². The number of para-hydroxylation sites is 1. The summed E-state index contributed by atoms with van der Waals surface area (Å²) in [5.41, 5.74) is 1.85. The smallest absolute Gasteiger partial charge is 0.306 e. The quantitative estimate of drug-likeness (QED) is 0.747. The molecule has 0 aromatic heterocycles. The zero-order valence-corrected chi connectivity index (χ0v) is 16.3. The highest BCUT2D eigenvalue weighted by Crippen LogP contribution is 2.43. The molecule has 2 aromatic rings. The van der Waals surface area contributed by atoms with Crippen LogP contribution >= 0.6 is 15.9 Å². The van der Waals surface area contributed by atoms with Gasteiger partial charge in [0.1, 0.15) is 12.2 Å². The number of carboxylic acids is 1. The Morgan fingerprint density at radius 3 is 2.67 bits per heavy atom. The molecule has 8 heteroatoms. The Bertz CT molecular complexity index is 884. The third kappa shape index (κ3) is 3.91. The topological polar surface area (TPSA) is 94.1 Å². The maximum atomic E-state index is 12.5. The highest BCUT2D eigenvalue weighted by atomic mass is 79.9. The summed E-state index contributed by atoms with van der Waals surface area (Å²) in [5.74, 6) is -0.670. The highest BCUT2D eigenvalue weighted by Gasteiger charge is 2.35. The van der Waals surface area contributed by atoms with E-state index in [-0.39, 0.29) is 0 Å². The Kier molecular flexibility index (Phi) is 5.67. The number of rotatable bonds is 5. The van der Waals surface area contributed by atoms with Gasteiger partial charge in [0, 0.05) is 21.3 Å². The summed E-state index contributed by atoms with van der Waals surface area (Å²) >= 11 is 3.43. The first-order valence-corrected chi connectivity index (χ1v) is 8.92. The minimum absolute atomic E-state index is 0.455. The van der Waals surface area contributed by atoms with E-state index in [2.05, 4.69) is 21.2 Å².